The number of halogens is 3. The molecule has 0 spiro atoms. The summed E-state index contributed by atoms with van der Waals surface area (Å²) < 4.78 is 0.530. The molecule has 2 rings (SSSR count). The number of carbonyl (C=O) groups is 1. The molecule has 0 aliphatic heterocycles. The first-order valence-electron chi connectivity index (χ1n) is 4.30. The molecule has 0 fully saturated rings. The van der Waals surface area contributed by atoms with Crippen molar-refractivity contribution in [3.8, 4) is 0 Å². The van der Waals surface area contributed by atoms with Crippen molar-refractivity contribution in [2.75, 3.05) is 5.32 Å². The normalized spacial score (nSPS) is 10.3. The highest BCUT2D eigenvalue weighted by molar-refractivity contribution is 7.18. The molecule has 0 aliphatic carbocycles. The Morgan fingerprint density at radius 3 is 2.65 bits per heavy atom. The Hall–Kier alpha value is -0.880. The van der Waals surface area contributed by atoms with Gasteiger partial charge in [-0.3, -0.25) is 4.79 Å². The number of rotatable bonds is 2. The zero-order valence-corrected chi connectivity index (χ0v) is 11.2. The van der Waals surface area contributed by atoms with Gasteiger partial charge in [0.05, 0.1) is 9.21 Å². The summed E-state index contributed by atoms with van der Waals surface area (Å²) >= 11 is 18.4. The summed E-state index contributed by atoms with van der Waals surface area (Å²) in [5.41, 5.74) is 0. The lowest BCUT2D eigenvalue weighted by Crippen LogP contribution is -2.12. The number of hydrogen-bond acceptors (Lipinski definition) is 4. The SMILES string of the molecule is O=C(Nc1ncnc(Cl)c1Cl)c1ccc(Cl)s1. The Kier molecular flexibility index (Phi) is 3.83. The van der Waals surface area contributed by atoms with Crippen molar-refractivity contribution in [2.45, 2.75) is 0 Å². The third-order valence-corrected chi connectivity index (χ3v) is 3.75. The van der Waals surface area contributed by atoms with Gasteiger partial charge in [-0.2, -0.15) is 0 Å². The zero-order valence-electron chi connectivity index (χ0n) is 8.08. The van der Waals surface area contributed by atoms with E-state index in [-0.39, 0.29) is 21.9 Å². The van der Waals surface area contributed by atoms with E-state index < -0.39 is 0 Å². The van der Waals surface area contributed by atoms with Gasteiger partial charge in [0.1, 0.15) is 11.3 Å². The number of nitrogens with zero attached hydrogens (tertiary/aromatic N) is 2. The molecule has 0 bridgehead atoms. The largest absolute Gasteiger partial charge is 0.304 e. The van der Waals surface area contributed by atoms with Crippen LogP contribution in [0.25, 0.3) is 0 Å². The minimum absolute atomic E-state index is 0.0844. The van der Waals surface area contributed by atoms with Crippen molar-refractivity contribution in [2.24, 2.45) is 0 Å². The van der Waals surface area contributed by atoms with Crippen molar-refractivity contribution >= 4 is 57.9 Å². The maximum absolute atomic E-state index is 11.8. The summed E-state index contributed by atoms with van der Waals surface area (Å²) in [6, 6.07) is 3.24. The number of amides is 1. The van der Waals surface area contributed by atoms with E-state index in [1.54, 1.807) is 12.1 Å². The molecule has 4 nitrogen and oxygen atoms in total. The molecule has 2 heterocycles. The summed E-state index contributed by atoms with van der Waals surface area (Å²) in [7, 11) is 0. The molecule has 1 amide bonds. The highest BCUT2D eigenvalue weighted by atomic mass is 35.5. The van der Waals surface area contributed by atoms with Crippen molar-refractivity contribution in [3.05, 3.63) is 37.8 Å². The van der Waals surface area contributed by atoms with Gasteiger partial charge >= 0.3 is 0 Å². The summed E-state index contributed by atoms with van der Waals surface area (Å²) in [6.07, 6.45) is 1.21. The lowest BCUT2D eigenvalue weighted by atomic mass is 10.4. The first-order chi connectivity index (χ1) is 8.08. The summed E-state index contributed by atoms with van der Waals surface area (Å²) in [5, 5.41) is 2.71. The minimum Gasteiger partial charge on any atom is -0.304 e. The first-order valence-corrected chi connectivity index (χ1v) is 6.25. The highest BCUT2D eigenvalue weighted by Gasteiger charge is 2.13. The van der Waals surface area contributed by atoms with Crippen LogP contribution >= 0.6 is 46.1 Å². The number of hydrogen-bond donors (Lipinski definition) is 1. The molecule has 0 aliphatic rings. The van der Waals surface area contributed by atoms with Gasteiger partial charge in [-0.25, -0.2) is 9.97 Å². The lowest BCUT2D eigenvalue weighted by molar-refractivity contribution is 0.103. The monoisotopic (exact) mass is 307 g/mol. The standard InChI is InChI=1S/C9H4Cl3N3OS/c10-5-2-1-4(17-5)9(16)15-8-6(11)7(12)13-3-14-8/h1-3H,(H,13,14,15,16). The number of anilines is 1. The van der Waals surface area contributed by atoms with Crippen LogP contribution in [0.15, 0.2) is 18.5 Å². The van der Waals surface area contributed by atoms with Gasteiger partial charge in [0.2, 0.25) is 0 Å². The molecule has 2 aromatic rings. The Morgan fingerprint density at radius 1 is 1.24 bits per heavy atom. The first kappa shape index (κ1) is 12.6. The van der Waals surface area contributed by atoms with E-state index in [4.69, 9.17) is 34.8 Å². The van der Waals surface area contributed by atoms with E-state index >= 15 is 0 Å². The fourth-order valence-corrected chi connectivity index (χ4v) is 2.26. The zero-order chi connectivity index (χ0) is 12.4. The predicted molar refractivity (Wildman–Crippen MR) is 69.3 cm³/mol. The molecule has 0 saturated carbocycles. The maximum atomic E-state index is 11.8. The van der Waals surface area contributed by atoms with Crippen molar-refractivity contribution < 1.29 is 4.79 Å². The van der Waals surface area contributed by atoms with Crippen LogP contribution < -0.4 is 5.32 Å². The Labute approximate surface area is 116 Å². The Balaban J connectivity index is 2.21. The van der Waals surface area contributed by atoms with Gasteiger partial charge in [-0.05, 0) is 12.1 Å². The van der Waals surface area contributed by atoms with Gasteiger partial charge < -0.3 is 5.32 Å². The molecule has 8 heteroatoms. The van der Waals surface area contributed by atoms with Crippen molar-refractivity contribution in [1.29, 1.82) is 0 Å². The summed E-state index contributed by atoms with van der Waals surface area (Å²) in [6.45, 7) is 0. The molecule has 0 aromatic carbocycles. The third-order valence-electron chi connectivity index (χ3n) is 1.78. The second-order valence-corrected chi connectivity index (χ2v) is 5.34. The van der Waals surface area contributed by atoms with Crippen LogP contribution in [0.5, 0.6) is 0 Å². The maximum Gasteiger partial charge on any atom is 0.266 e. The average Bonchev–Trinajstić information content (AvgIpc) is 2.72. The van der Waals surface area contributed by atoms with Crippen LogP contribution in [0.2, 0.25) is 14.5 Å². The second kappa shape index (κ2) is 5.18. The number of carbonyl (C=O) groups excluding carboxylic acids is 1. The quantitative estimate of drug-likeness (QED) is 0.860. The molecule has 1 N–H and O–H groups in total. The van der Waals surface area contributed by atoms with Gasteiger partial charge in [-0.15, -0.1) is 11.3 Å². The van der Waals surface area contributed by atoms with E-state index in [9.17, 15) is 4.79 Å². The smallest absolute Gasteiger partial charge is 0.266 e. The summed E-state index contributed by atoms with van der Waals surface area (Å²) in [4.78, 5) is 19.7. The van der Waals surface area contributed by atoms with E-state index in [0.717, 1.165) is 11.3 Å². The van der Waals surface area contributed by atoms with Gasteiger partial charge in [0.25, 0.3) is 5.91 Å². The highest BCUT2D eigenvalue weighted by Crippen LogP contribution is 2.27. The van der Waals surface area contributed by atoms with Crippen molar-refractivity contribution in [1.82, 2.24) is 9.97 Å². The Bertz CT molecular complexity index is 572. The van der Waals surface area contributed by atoms with Crippen LogP contribution in [-0.2, 0) is 0 Å². The predicted octanol–water partition coefficient (Wildman–Crippen LogP) is 3.75. The second-order valence-electron chi connectivity index (χ2n) is 2.88. The van der Waals surface area contributed by atoms with E-state index in [2.05, 4.69) is 15.3 Å². The van der Waals surface area contributed by atoms with Gasteiger partial charge in [0, 0.05) is 0 Å². The fourth-order valence-electron chi connectivity index (χ4n) is 1.04. The van der Waals surface area contributed by atoms with Crippen LogP contribution in [0.3, 0.4) is 0 Å². The van der Waals surface area contributed by atoms with E-state index in [0.29, 0.717) is 9.21 Å². The van der Waals surface area contributed by atoms with Crippen LogP contribution in [0.1, 0.15) is 9.67 Å². The molecule has 0 atom stereocenters. The lowest BCUT2D eigenvalue weighted by Gasteiger charge is -2.04. The average molecular weight is 309 g/mol. The molecular formula is C9H4Cl3N3OS. The molecular weight excluding hydrogens is 305 g/mol. The number of thiophene rings is 1. The molecule has 17 heavy (non-hydrogen) atoms. The van der Waals surface area contributed by atoms with Gasteiger partial charge in [0.15, 0.2) is 11.0 Å². The fraction of sp³-hybridized carbons (Fsp3) is 0. The van der Waals surface area contributed by atoms with E-state index in [1.807, 2.05) is 0 Å². The Morgan fingerprint density at radius 2 is 2.00 bits per heavy atom. The van der Waals surface area contributed by atoms with Crippen LogP contribution in [0.4, 0.5) is 5.82 Å². The summed E-state index contributed by atoms with van der Waals surface area (Å²) in [5.74, 6) is -0.181. The molecule has 0 unspecified atom stereocenters. The van der Waals surface area contributed by atoms with E-state index in [1.165, 1.54) is 6.33 Å². The molecule has 0 saturated heterocycles. The minimum atomic E-state index is -0.349. The van der Waals surface area contributed by atoms with Crippen LogP contribution in [0, 0.1) is 0 Å². The van der Waals surface area contributed by atoms with Crippen LogP contribution in [-0.4, -0.2) is 15.9 Å². The number of nitrogens with one attached hydrogen (secondary N) is 1. The van der Waals surface area contributed by atoms with Crippen molar-refractivity contribution in [3.63, 3.8) is 0 Å². The number of aromatic nitrogens is 2. The third kappa shape index (κ3) is 2.87. The molecule has 88 valence electrons. The van der Waals surface area contributed by atoms with Gasteiger partial charge in [-0.1, -0.05) is 34.8 Å². The molecule has 0 radical (unpaired) electrons. The topological polar surface area (TPSA) is 54.9 Å². The molecule has 2 aromatic heterocycles.